The van der Waals surface area contributed by atoms with E-state index in [1.165, 1.54) is 7.11 Å². The van der Waals surface area contributed by atoms with Gasteiger partial charge < -0.3 is 15.8 Å². The monoisotopic (exact) mass is 278 g/mol. The number of amides is 1. The summed E-state index contributed by atoms with van der Waals surface area (Å²) in [7, 11) is 1.38. The Kier molecular flexibility index (Phi) is 4.92. The van der Waals surface area contributed by atoms with Gasteiger partial charge in [0.1, 0.15) is 0 Å². The second-order valence-electron chi connectivity index (χ2n) is 5.18. The molecule has 2 heterocycles. The Morgan fingerprint density at radius 2 is 2.40 bits per heavy atom. The highest BCUT2D eigenvalue weighted by atomic mass is 16.5. The average Bonchev–Trinajstić information content (AvgIpc) is 2.87. The van der Waals surface area contributed by atoms with Crippen molar-refractivity contribution in [1.82, 2.24) is 15.2 Å². The minimum Gasteiger partial charge on any atom is -0.453 e. The molecule has 6 heteroatoms. The molecule has 3 N–H and O–H groups in total. The van der Waals surface area contributed by atoms with Gasteiger partial charge in [-0.15, -0.1) is 0 Å². The number of hydrogen-bond acceptors (Lipinski definition) is 5. The lowest BCUT2D eigenvalue weighted by Crippen LogP contribution is -2.42. The average molecular weight is 278 g/mol. The van der Waals surface area contributed by atoms with Gasteiger partial charge in [-0.1, -0.05) is 6.07 Å². The Morgan fingerprint density at radius 1 is 1.60 bits per heavy atom. The summed E-state index contributed by atoms with van der Waals surface area (Å²) in [6.45, 7) is 3.63. The van der Waals surface area contributed by atoms with Crippen LogP contribution in [-0.4, -0.2) is 48.3 Å². The van der Waals surface area contributed by atoms with Gasteiger partial charge in [0.2, 0.25) is 0 Å². The molecule has 2 rings (SSSR count). The van der Waals surface area contributed by atoms with E-state index in [4.69, 9.17) is 5.73 Å². The number of aromatic nitrogens is 1. The van der Waals surface area contributed by atoms with Gasteiger partial charge in [0.15, 0.2) is 0 Å². The van der Waals surface area contributed by atoms with Gasteiger partial charge in [-0.3, -0.25) is 9.88 Å². The topological polar surface area (TPSA) is 80.5 Å². The van der Waals surface area contributed by atoms with Crippen LogP contribution in [0.3, 0.4) is 0 Å². The van der Waals surface area contributed by atoms with Crippen LogP contribution >= 0.6 is 0 Å². The second kappa shape index (κ2) is 6.67. The first-order valence-electron chi connectivity index (χ1n) is 6.87. The van der Waals surface area contributed by atoms with E-state index >= 15 is 0 Å². The lowest BCUT2D eigenvalue weighted by molar-refractivity contribution is 0.164. The summed E-state index contributed by atoms with van der Waals surface area (Å²) < 4.78 is 4.63. The summed E-state index contributed by atoms with van der Waals surface area (Å²) in [5, 5.41) is 2.84. The Balaban J connectivity index is 2.04. The van der Waals surface area contributed by atoms with Gasteiger partial charge in [0.05, 0.1) is 18.8 Å². The highest BCUT2D eigenvalue weighted by molar-refractivity contribution is 5.67. The van der Waals surface area contributed by atoms with Crippen LogP contribution in [-0.2, 0) is 4.74 Å². The van der Waals surface area contributed by atoms with Gasteiger partial charge in [0.25, 0.3) is 0 Å². The molecule has 3 atom stereocenters. The summed E-state index contributed by atoms with van der Waals surface area (Å²) in [5.74, 6) is 0. The zero-order valence-corrected chi connectivity index (χ0v) is 12.0. The third-order valence-electron chi connectivity index (χ3n) is 3.61. The van der Waals surface area contributed by atoms with Crippen LogP contribution in [0.1, 0.15) is 25.1 Å². The first-order valence-corrected chi connectivity index (χ1v) is 6.87. The van der Waals surface area contributed by atoms with Crippen molar-refractivity contribution in [3.8, 4) is 0 Å². The molecule has 0 spiro atoms. The lowest BCUT2D eigenvalue weighted by Gasteiger charge is -2.30. The summed E-state index contributed by atoms with van der Waals surface area (Å²) >= 11 is 0. The quantitative estimate of drug-likeness (QED) is 0.855. The molecule has 1 amide bonds. The van der Waals surface area contributed by atoms with E-state index in [9.17, 15) is 4.79 Å². The van der Waals surface area contributed by atoms with E-state index in [1.54, 1.807) is 6.20 Å². The minimum absolute atomic E-state index is 0.0261. The molecule has 20 heavy (non-hydrogen) atoms. The molecule has 1 aromatic rings. The Bertz CT molecular complexity index is 438. The van der Waals surface area contributed by atoms with Crippen LogP contribution in [0.25, 0.3) is 0 Å². The van der Waals surface area contributed by atoms with Crippen LogP contribution in [0.5, 0.6) is 0 Å². The highest BCUT2D eigenvalue weighted by Crippen LogP contribution is 2.26. The molecule has 1 aromatic heterocycles. The SMILES string of the molecule is COC(=O)NC1CCN(C(c2ccccn2)C(C)N)C1. The van der Waals surface area contributed by atoms with Crippen LogP contribution in [0, 0.1) is 0 Å². The number of carbonyl (C=O) groups is 1. The summed E-state index contributed by atoms with van der Waals surface area (Å²) in [6.07, 6.45) is 2.29. The maximum atomic E-state index is 11.3. The molecule has 3 unspecified atom stereocenters. The number of alkyl carbamates (subject to hydrolysis) is 1. The predicted molar refractivity (Wildman–Crippen MR) is 76.1 cm³/mol. The normalized spacial score (nSPS) is 22.2. The molecule has 6 nitrogen and oxygen atoms in total. The molecular weight excluding hydrogens is 256 g/mol. The zero-order chi connectivity index (χ0) is 14.5. The number of likely N-dealkylation sites (tertiary alicyclic amines) is 1. The number of nitrogens with one attached hydrogen (secondary N) is 1. The van der Waals surface area contributed by atoms with E-state index in [-0.39, 0.29) is 24.2 Å². The van der Waals surface area contributed by atoms with Crippen LogP contribution in [0.2, 0.25) is 0 Å². The number of nitrogens with two attached hydrogens (primary N) is 1. The standard InChI is InChI=1S/C14H22N4O2/c1-10(15)13(12-5-3-4-7-16-12)18-8-6-11(9-18)17-14(19)20-2/h3-5,7,10-11,13H,6,8-9,15H2,1-2H3,(H,17,19). The molecule has 0 saturated carbocycles. The van der Waals surface area contributed by atoms with Crippen molar-refractivity contribution in [2.24, 2.45) is 5.73 Å². The molecule has 1 aliphatic rings. The van der Waals surface area contributed by atoms with E-state index in [1.807, 2.05) is 25.1 Å². The van der Waals surface area contributed by atoms with Crippen LogP contribution < -0.4 is 11.1 Å². The fourth-order valence-corrected chi connectivity index (χ4v) is 2.72. The third kappa shape index (κ3) is 3.46. The summed E-state index contributed by atoms with van der Waals surface area (Å²) in [6, 6.07) is 6.01. The van der Waals surface area contributed by atoms with Gasteiger partial charge >= 0.3 is 6.09 Å². The number of rotatable bonds is 4. The number of carbonyl (C=O) groups excluding carboxylic acids is 1. The van der Waals surface area contributed by atoms with E-state index < -0.39 is 0 Å². The van der Waals surface area contributed by atoms with Gasteiger partial charge in [0, 0.05) is 31.4 Å². The Hall–Kier alpha value is -1.66. The first-order chi connectivity index (χ1) is 9.61. The van der Waals surface area contributed by atoms with E-state index in [2.05, 4.69) is 19.9 Å². The number of methoxy groups -OCH3 is 1. The van der Waals surface area contributed by atoms with Gasteiger partial charge in [-0.25, -0.2) is 4.79 Å². The largest absolute Gasteiger partial charge is 0.453 e. The van der Waals surface area contributed by atoms with Crippen molar-refractivity contribution in [3.63, 3.8) is 0 Å². The summed E-state index contributed by atoms with van der Waals surface area (Å²) in [5.41, 5.74) is 7.10. The second-order valence-corrected chi connectivity index (χ2v) is 5.18. The van der Waals surface area contributed by atoms with Crippen LogP contribution in [0.4, 0.5) is 4.79 Å². The van der Waals surface area contributed by atoms with Crippen LogP contribution in [0.15, 0.2) is 24.4 Å². The fourth-order valence-electron chi connectivity index (χ4n) is 2.72. The molecule has 0 aliphatic carbocycles. The van der Waals surface area contributed by atoms with Crippen molar-refractivity contribution in [1.29, 1.82) is 0 Å². The zero-order valence-electron chi connectivity index (χ0n) is 12.0. The minimum atomic E-state index is -0.382. The number of pyridine rings is 1. The molecule has 0 bridgehead atoms. The first kappa shape index (κ1) is 14.7. The molecular formula is C14H22N4O2. The van der Waals surface area contributed by atoms with Crippen molar-refractivity contribution >= 4 is 6.09 Å². The molecule has 1 saturated heterocycles. The molecule has 1 aliphatic heterocycles. The van der Waals surface area contributed by atoms with Gasteiger partial charge in [-0.2, -0.15) is 0 Å². The Morgan fingerprint density at radius 3 is 3.00 bits per heavy atom. The fraction of sp³-hybridized carbons (Fsp3) is 0.571. The van der Waals surface area contributed by atoms with E-state index in [0.29, 0.717) is 0 Å². The summed E-state index contributed by atoms with van der Waals surface area (Å²) in [4.78, 5) is 17.9. The van der Waals surface area contributed by atoms with Crippen molar-refractivity contribution < 1.29 is 9.53 Å². The maximum Gasteiger partial charge on any atom is 0.407 e. The number of nitrogens with zero attached hydrogens (tertiary/aromatic N) is 2. The van der Waals surface area contributed by atoms with Crippen molar-refractivity contribution in [2.75, 3.05) is 20.2 Å². The molecule has 110 valence electrons. The molecule has 0 radical (unpaired) electrons. The van der Waals surface area contributed by atoms with Gasteiger partial charge in [-0.05, 0) is 25.5 Å². The van der Waals surface area contributed by atoms with Crippen molar-refractivity contribution in [2.45, 2.75) is 31.5 Å². The van der Waals surface area contributed by atoms with Crippen molar-refractivity contribution in [3.05, 3.63) is 30.1 Å². The lowest BCUT2D eigenvalue weighted by atomic mass is 10.0. The number of ether oxygens (including phenoxy) is 1. The molecule has 0 aromatic carbocycles. The predicted octanol–water partition coefficient (Wildman–Crippen LogP) is 0.900. The highest BCUT2D eigenvalue weighted by Gasteiger charge is 2.32. The smallest absolute Gasteiger partial charge is 0.407 e. The van der Waals surface area contributed by atoms with E-state index in [0.717, 1.165) is 25.2 Å². The third-order valence-corrected chi connectivity index (χ3v) is 3.61. The number of hydrogen-bond donors (Lipinski definition) is 2. The maximum absolute atomic E-state index is 11.3. The molecule has 1 fully saturated rings. The Labute approximate surface area is 119 Å².